The molecule has 0 unspecified atom stereocenters. The molecule has 1 saturated heterocycles. The number of benzene rings is 2. The number of likely N-dealkylation sites (tertiary alicyclic amines) is 1. The lowest BCUT2D eigenvalue weighted by molar-refractivity contribution is -0.137. The van der Waals surface area contributed by atoms with Gasteiger partial charge in [-0.25, -0.2) is 0 Å². The Hall–Kier alpha value is -3.74. The highest BCUT2D eigenvalue weighted by Gasteiger charge is 2.28. The lowest BCUT2D eigenvalue weighted by Gasteiger charge is -2.30. The number of aliphatic carboxylic acids is 1. The molecular formula is C25H24N4O3. The van der Waals surface area contributed by atoms with Crippen LogP contribution in [0, 0.1) is 0 Å². The van der Waals surface area contributed by atoms with Crippen LogP contribution < -0.4 is 0 Å². The normalized spacial score (nSPS) is 14.8. The molecule has 3 heterocycles. The molecule has 0 atom stereocenters. The van der Waals surface area contributed by atoms with Crippen LogP contribution >= 0.6 is 0 Å². The molecule has 1 fully saturated rings. The standard InChI is InChI=1S/C25H24N4O3/c1-16(30)28-11-9-17(10-12-28)25-24-20(7-4-8-22(24)29(27-25)15-23(31)32)21-13-18-5-2-3-6-19(18)14-26-21/h2-8,13-14,17H,9-12,15H2,1H3,(H,31,32). The zero-order valence-electron chi connectivity index (χ0n) is 17.9. The number of fused-ring (bicyclic) bond motifs is 2. The zero-order chi connectivity index (χ0) is 22.2. The number of hydrogen-bond acceptors (Lipinski definition) is 4. The maximum absolute atomic E-state index is 11.8. The third-order valence-electron chi connectivity index (χ3n) is 6.32. The topological polar surface area (TPSA) is 88.3 Å². The van der Waals surface area contributed by atoms with E-state index in [4.69, 9.17) is 10.1 Å². The first-order valence-corrected chi connectivity index (χ1v) is 10.8. The summed E-state index contributed by atoms with van der Waals surface area (Å²) < 4.78 is 1.58. The Morgan fingerprint density at radius 1 is 1.06 bits per heavy atom. The molecule has 162 valence electrons. The van der Waals surface area contributed by atoms with Gasteiger partial charge in [0.15, 0.2) is 0 Å². The van der Waals surface area contributed by atoms with Crippen LogP contribution in [0.5, 0.6) is 0 Å². The third-order valence-corrected chi connectivity index (χ3v) is 6.32. The molecule has 7 heteroatoms. The number of carbonyl (C=O) groups is 2. The van der Waals surface area contributed by atoms with Crippen LogP contribution in [-0.4, -0.2) is 49.7 Å². The number of hydrogen-bond donors (Lipinski definition) is 1. The average molecular weight is 428 g/mol. The highest BCUT2D eigenvalue weighted by Crippen LogP contribution is 2.38. The lowest BCUT2D eigenvalue weighted by atomic mass is 9.89. The van der Waals surface area contributed by atoms with Gasteiger partial charge in [0.2, 0.25) is 5.91 Å². The summed E-state index contributed by atoms with van der Waals surface area (Å²) in [7, 11) is 0. The van der Waals surface area contributed by atoms with Crippen LogP contribution in [0.4, 0.5) is 0 Å². The molecule has 0 saturated carbocycles. The Kier molecular flexibility index (Phi) is 5.09. The second kappa shape index (κ2) is 8.07. The van der Waals surface area contributed by atoms with E-state index >= 15 is 0 Å². The van der Waals surface area contributed by atoms with Gasteiger partial charge in [0, 0.05) is 48.5 Å². The van der Waals surface area contributed by atoms with Gasteiger partial charge in [-0.2, -0.15) is 5.10 Å². The summed E-state index contributed by atoms with van der Waals surface area (Å²) in [6, 6.07) is 16.0. The van der Waals surface area contributed by atoms with E-state index < -0.39 is 5.97 Å². The predicted octanol–water partition coefficient (Wildman–Crippen LogP) is 4.06. The van der Waals surface area contributed by atoms with Crippen LogP contribution in [0.15, 0.2) is 54.7 Å². The van der Waals surface area contributed by atoms with Crippen LogP contribution in [0.3, 0.4) is 0 Å². The van der Waals surface area contributed by atoms with E-state index in [1.165, 1.54) is 0 Å². The monoisotopic (exact) mass is 428 g/mol. The number of rotatable bonds is 4. The molecule has 1 aliphatic rings. The molecule has 5 rings (SSSR count). The van der Waals surface area contributed by atoms with Crippen LogP contribution in [0.25, 0.3) is 32.9 Å². The molecule has 1 aliphatic heterocycles. The minimum absolute atomic E-state index is 0.0887. The van der Waals surface area contributed by atoms with Crippen molar-refractivity contribution in [3.63, 3.8) is 0 Å². The van der Waals surface area contributed by atoms with Gasteiger partial charge in [-0.3, -0.25) is 19.3 Å². The molecule has 0 aliphatic carbocycles. The van der Waals surface area contributed by atoms with Crippen molar-refractivity contribution in [2.45, 2.75) is 32.2 Å². The number of pyridine rings is 1. The van der Waals surface area contributed by atoms with E-state index in [9.17, 15) is 14.7 Å². The quantitative estimate of drug-likeness (QED) is 0.530. The molecule has 1 N–H and O–H groups in total. The van der Waals surface area contributed by atoms with Crippen molar-refractivity contribution in [1.82, 2.24) is 19.7 Å². The van der Waals surface area contributed by atoms with E-state index in [0.717, 1.165) is 51.5 Å². The number of aromatic nitrogens is 3. The number of piperidine rings is 1. The highest BCUT2D eigenvalue weighted by molar-refractivity contribution is 5.98. The number of carboxylic acid groups (broad SMARTS) is 1. The zero-order valence-corrected chi connectivity index (χ0v) is 17.9. The largest absolute Gasteiger partial charge is 0.480 e. The molecule has 0 bridgehead atoms. The van der Waals surface area contributed by atoms with Crippen LogP contribution in [-0.2, 0) is 16.1 Å². The molecule has 32 heavy (non-hydrogen) atoms. The minimum atomic E-state index is -0.929. The van der Waals surface area contributed by atoms with E-state index in [2.05, 4.69) is 12.1 Å². The Morgan fingerprint density at radius 3 is 2.53 bits per heavy atom. The number of carboxylic acids is 1. The molecule has 4 aromatic rings. The molecule has 2 aromatic heterocycles. The Bertz CT molecular complexity index is 1340. The second-order valence-corrected chi connectivity index (χ2v) is 8.33. The first kappa shape index (κ1) is 20.2. The van der Waals surface area contributed by atoms with Crippen molar-refractivity contribution in [2.75, 3.05) is 13.1 Å². The molecular weight excluding hydrogens is 404 g/mol. The Morgan fingerprint density at radius 2 is 1.81 bits per heavy atom. The lowest BCUT2D eigenvalue weighted by Crippen LogP contribution is -2.36. The molecule has 7 nitrogen and oxygen atoms in total. The van der Waals surface area contributed by atoms with E-state index in [0.29, 0.717) is 13.1 Å². The van der Waals surface area contributed by atoms with Gasteiger partial charge in [0.05, 0.1) is 16.9 Å². The van der Waals surface area contributed by atoms with E-state index in [-0.39, 0.29) is 18.4 Å². The van der Waals surface area contributed by atoms with Crippen molar-refractivity contribution in [3.8, 4) is 11.3 Å². The fraction of sp³-hybridized carbons (Fsp3) is 0.280. The first-order chi connectivity index (χ1) is 15.5. The summed E-state index contributed by atoms with van der Waals surface area (Å²) in [6.45, 7) is 2.77. The Balaban J connectivity index is 1.65. The molecule has 1 amide bonds. The second-order valence-electron chi connectivity index (χ2n) is 8.33. The van der Waals surface area contributed by atoms with E-state index in [1.807, 2.05) is 47.5 Å². The van der Waals surface area contributed by atoms with Crippen LogP contribution in [0.1, 0.15) is 31.4 Å². The summed E-state index contributed by atoms with van der Waals surface area (Å²) >= 11 is 0. The van der Waals surface area contributed by atoms with Gasteiger partial charge >= 0.3 is 5.97 Å². The summed E-state index contributed by atoms with van der Waals surface area (Å²) in [5.74, 6) is -0.683. The summed E-state index contributed by atoms with van der Waals surface area (Å²) in [5, 5.41) is 17.3. The van der Waals surface area contributed by atoms with Gasteiger partial charge < -0.3 is 10.0 Å². The van der Waals surface area contributed by atoms with Crippen molar-refractivity contribution in [1.29, 1.82) is 0 Å². The number of nitrogens with zero attached hydrogens (tertiary/aromatic N) is 4. The van der Waals surface area contributed by atoms with Gasteiger partial charge in [-0.1, -0.05) is 36.4 Å². The number of amides is 1. The summed E-state index contributed by atoms with van der Waals surface area (Å²) in [4.78, 5) is 29.8. The van der Waals surface area contributed by atoms with E-state index in [1.54, 1.807) is 11.6 Å². The summed E-state index contributed by atoms with van der Waals surface area (Å²) in [6.07, 6.45) is 3.48. The summed E-state index contributed by atoms with van der Waals surface area (Å²) in [5.41, 5.74) is 3.49. The van der Waals surface area contributed by atoms with Crippen molar-refractivity contribution in [3.05, 3.63) is 60.4 Å². The smallest absolute Gasteiger partial charge is 0.325 e. The maximum atomic E-state index is 11.8. The van der Waals surface area contributed by atoms with Gasteiger partial charge in [-0.15, -0.1) is 0 Å². The predicted molar refractivity (Wildman–Crippen MR) is 122 cm³/mol. The van der Waals surface area contributed by atoms with Crippen molar-refractivity contribution < 1.29 is 14.7 Å². The first-order valence-electron chi connectivity index (χ1n) is 10.8. The average Bonchev–Trinajstić information content (AvgIpc) is 3.16. The fourth-order valence-corrected chi connectivity index (χ4v) is 4.70. The highest BCUT2D eigenvalue weighted by atomic mass is 16.4. The fourth-order valence-electron chi connectivity index (χ4n) is 4.70. The van der Waals surface area contributed by atoms with Gasteiger partial charge in [-0.05, 0) is 30.4 Å². The Labute approximate surface area is 185 Å². The maximum Gasteiger partial charge on any atom is 0.325 e. The molecule has 2 aromatic carbocycles. The van der Waals surface area contributed by atoms with Crippen molar-refractivity contribution >= 4 is 33.6 Å². The SMILES string of the molecule is CC(=O)N1CCC(c2nn(CC(=O)O)c3cccc(-c4cc5ccccc5cn4)c23)CC1. The molecule has 0 radical (unpaired) electrons. The van der Waals surface area contributed by atoms with Gasteiger partial charge in [0.25, 0.3) is 0 Å². The number of carbonyl (C=O) groups excluding carboxylic acids is 1. The van der Waals surface area contributed by atoms with Crippen LogP contribution in [0.2, 0.25) is 0 Å². The third kappa shape index (κ3) is 3.60. The van der Waals surface area contributed by atoms with Gasteiger partial charge in [0.1, 0.15) is 6.54 Å². The molecule has 0 spiro atoms. The minimum Gasteiger partial charge on any atom is -0.480 e. The van der Waals surface area contributed by atoms with Crippen molar-refractivity contribution in [2.24, 2.45) is 0 Å².